The minimum atomic E-state index is -2.88. The summed E-state index contributed by atoms with van der Waals surface area (Å²) in [6.45, 7) is 1.08. The average molecular weight is 203 g/mol. The summed E-state index contributed by atoms with van der Waals surface area (Å²) in [5.74, 6) is -1.43. The lowest BCUT2D eigenvalue weighted by molar-refractivity contribution is 0.0999. The van der Waals surface area contributed by atoms with Crippen molar-refractivity contribution >= 4 is 11.5 Å². The van der Waals surface area contributed by atoms with Crippen LogP contribution in [0.3, 0.4) is 0 Å². The van der Waals surface area contributed by atoms with Crippen molar-refractivity contribution in [3.8, 4) is 0 Å². The van der Waals surface area contributed by atoms with Crippen molar-refractivity contribution in [2.75, 3.05) is 5.73 Å². The molecule has 0 heterocycles. The third-order valence-electron chi connectivity index (χ3n) is 1.77. The summed E-state index contributed by atoms with van der Waals surface area (Å²) in [4.78, 5) is 10.9. The Morgan fingerprint density at radius 3 is 2.43 bits per heavy atom. The predicted octanol–water partition coefficient (Wildman–Crippen LogP) is 2.55. The van der Waals surface area contributed by atoms with Gasteiger partial charge in [-0.2, -0.15) is 0 Å². The number of alkyl halides is 2. The van der Waals surface area contributed by atoms with Gasteiger partial charge < -0.3 is 5.73 Å². The average Bonchev–Trinajstić information content (AvgIpc) is 2.01. The van der Waals surface area contributed by atoms with E-state index >= 15 is 0 Å². The number of carbonyl (C=O) groups is 1. The van der Waals surface area contributed by atoms with Crippen molar-refractivity contribution in [3.63, 3.8) is 0 Å². The Morgan fingerprint density at radius 1 is 1.43 bits per heavy atom. The van der Waals surface area contributed by atoms with Crippen molar-refractivity contribution < 1.29 is 18.0 Å². The van der Waals surface area contributed by atoms with Gasteiger partial charge in [-0.05, 0) is 19.1 Å². The molecule has 0 amide bonds. The molecule has 0 saturated carbocycles. The van der Waals surface area contributed by atoms with E-state index in [4.69, 9.17) is 5.73 Å². The van der Waals surface area contributed by atoms with Gasteiger partial charge in [0.25, 0.3) is 6.43 Å². The molecule has 0 saturated heterocycles. The molecule has 0 fully saturated rings. The quantitative estimate of drug-likeness (QED) is 0.592. The molecular formula is C9H8F3NO. The summed E-state index contributed by atoms with van der Waals surface area (Å²) in [6, 6.07) is 1.54. The van der Waals surface area contributed by atoms with E-state index in [1.165, 1.54) is 0 Å². The highest BCUT2D eigenvalue weighted by molar-refractivity contribution is 5.97. The van der Waals surface area contributed by atoms with Crippen LogP contribution >= 0.6 is 0 Å². The highest BCUT2D eigenvalue weighted by Crippen LogP contribution is 2.29. The number of rotatable bonds is 2. The maximum absolute atomic E-state index is 12.8. The Labute approximate surface area is 78.5 Å². The molecule has 0 unspecified atom stereocenters. The van der Waals surface area contributed by atoms with Crippen LogP contribution in [0.15, 0.2) is 12.1 Å². The van der Waals surface area contributed by atoms with Gasteiger partial charge in [-0.1, -0.05) is 0 Å². The number of anilines is 1. The second-order valence-electron chi connectivity index (χ2n) is 2.81. The van der Waals surface area contributed by atoms with E-state index < -0.39 is 29.3 Å². The van der Waals surface area contributed by atoms with Gasteiger partial charge in [-0.15, -0.1) is 0 Å². The van der Waals surface area contributed by atoms with Gasteiger partial charge in [0.2, 0.25) is 0 Å². The molecule has 76 valence electrons. The first-order valence-corrected chi connectivity index (χ1v) is 3.81. The van der Waals surface area contributed by atoms with Crippen molar-refractivity contribution in [1.82, 2.24) is 0 Å². The molecule has 1 rings (SSSR count). The topological polar surface area (TPSA) is 43.1 Å². The van der Waals surface area contributed by atoms with Gasteiger partial charge in [-0.3, -0.25) is 4.79 Å². The zero-order chi connectivity index (χ0) is 10.9. The van der Waals surface area contributed by atoms with Crippen LogP contribution in [-0.2, 0) is 0 Å². The van der Waals surface area contributed by atoms with Crippen molar-refractivity contribution in [2.24, 2.45) is 0 Å². The smallest absolute Gasteiger partial charge is 0.266 e. The maximum Gasteiger partial charge on any atom is 0.266 e. The number of hydrogen-bond acceptors (Lipinski definition) is 2. The summed E-state index contributed by atoms with van der Waals surface area (Å²) in [5, 5.41) is 0. The number of nitrogen functional groups attached to an aromatic ring is 1. The van der Waals surface area contributed by atoms with Crippen LogP contribution in [0.2, 0.25) is 0 Å². The van der Waals surface area contributed by atoms with E-state index in [0.29, 0.717) is 0 Å². The molecule has 2 N–H and O–H groups in total. The molecule has 0 spiro atoms. The van der Waals surface area contributed by atoms with Crippen LogP contribution in [0.1, 0.15) is 29.3 Å². The van der Waals surface area contributed by atoms with Crippen molar-refractivity contribution in [2.45, 2.75) is 13.3 Å². The molecule has 1 aromatic rings. The first-order chi connectivity index (χ1) is 6.43. The molecule has 0 bridgehead atoms. The second-order valence-corrected chi connectivity index (χ2v) is 2.81. The van der Waals surface area contributed by atoms with E-state index in [-0.39, 0.29) is 5.56 Å². The molecule has 0 aliphatic heterocycles. The van der Waals surface area contributed by atoms with Crippen molar-refractivity contribution in [3.05, 3.63) is 29.1 Å². The molecule has 14 heavy (non-hydrogen) atoms. The third kappa shape index (κ3) is 1.86. The van der Waals surface area contributed by atoms with E-state index in [0.717, 1.165) is 19.1 Å². The van der Waals surface area contributed by atoms with E-state index in [1.54, 1.807) is 0 Å². The predicted molar refractivity (Wildman–Crippen MR) is 45.8 cm³/mol. The van der Waals surface area contributed by atoms with Gasteiger partial charge in [0.05, 0.1) is 5.56 Å². The highest BCUT2D eigenvalue weighted by Gasteiger charge is 2.20. The second kappa shape index (κ2) is 3.69. The Kier molecular flexibility index (Phi) is 2.78. The Balaban J connectivity index is 3.44. The molecule has 5 heteroatoms. The summed E-state index contributed by atoms with van der Waals surface area (Å²) in [5.41, 5.74) is 3.83. The third-order valence-corrected chi connectivity index (χ3v) is 1.77. The number of halogens is 3. The van der Waals surface area contributed by atoms with E-state index in [1.807, 2.05) is 0 Å². The van der Waals surface area contributed by atoms with Crippen LogP contribution in [0.5, 0.6) is 0 Å². The number of carbonyl (C=O) groups excluding carboxylic acids is 1. The Bertz CT molecular complexity index is 377. The lowest BCUT2D eigenvalue weighted by atomic mass is 10.0. The summed E-state index contributed by atoms with van der Waals surface area (Å²) in [7, 11) is 0. The normalized spacial score (nSPS) is 10.6. The van der Waals surface area contributed by atoms with Gasteiger partial charge in [0, 0.05) is 11.3 Å². The summed E-state index contributed by atoms with van der Waals surface area (Å²) >= 11 is 0. The number of Topliss-reactive ketones (excluding diaryl/α,β-unsaturated/α-hetero) is 1. The molecule has 0 atom stereocenters. The standard InChI is InChI=1S/C9H8F3NO/c1-4(14)6-2-5(10)3-7(13)8(6)9(11)12/h2-3,9H,13H2,1H3. The number of hydrogen-bond donors (Lipinski definition) is 1. The fourth-order valence-electron chi connectivity index (χ4n) is 1.17. The molecule has 2 nitrogen and oxygen atoms in total. The van der Waals surface area contributed by atoms with E-state index in [2.05, 4.69) is 0 Å². The first-order valence-electron chi connectivity index (χ1n) is 3.81. The molecular weight excluding hydrogens is 195 g/mol. The molecule has 0 aliphatic carbocycles. The van der Waals surface area contributed by atoms with E-state index in [9.17, 15) is 18.0 Å². The van der Waals surface area contributed by atoms with Gasteiger partial charge in [0.15, 0.2) is 5.78 Å². The Hall–Kier alpha value is -1.52. The molecule has 1 aromatic carbocycles. The van der Waals surface area contributed by atoms with Crippen LogP contribution in [-0.4, -0.2) is 5.78 Å². The number of benzene rings is 1. The van der Waals surface area contributed by atoms with Crippen LogP contribution < -0.4 is 5.73 Å². The number of ketones is 1. The van der Waals surface area contributed by atoms with Gasteiger partial charge >= 0.3 is 0 Å². The van der Waals surface area contributed by atoms with Crippen molar-refractivity contribution in [1.29, 1.82) is 0 Å². The first kappa shape index (κ1) is 10.6. The Morgan fingerprint density at radius 2 is 2.00 bits per heavy atom. The fraction of sp³-hybridized carbons (Fsp3) is 0.222. The van der Waals surface area contributed by atoms with Gasteiger partial charge in [-0.25, -0.2) is 13.2 Å². The summed E-state index contributed by atoms with van der Waals surface area (Å²) < 4.78 is 37.6. The zero-order valence-electron chi connectivity index (χ0n) is 7.35. The molecule has 0 radical (unpaired) electrons. The zero-order valence-corrected chi connectivity index (χ0v) is 7.35. The minimum absolute atomic E-state index is 0.363. The minimum Gasteiger partial charge on any atom is -0.398 e. The highest BCUT2D eigenvalue weighted by atomic mass is 19.3. The van der Waals surface area contributed by atoms with Crippen LogP contribution in [0, 0.1) is 5.82 Å². The van der Waals surface area contributed by atoms with Crippen LogP contribution in [0.4, 0.5) is 18.9 Å². The monoisotopic (exact) mass is 203 g/mol. The maximum atomic E-state index is 12.8. The van der Waals surface area contributed by atoms with Crippen LogP contribution in [0.25, 0.3) is 0 Å². The lowest BCUT2D eigenvalue weighted by Crippen LogP contribution is -2.05. The SMILES string of the molecule is CC(=O)c1cc(F)cc(N)c1C(F)F. The summed E-state index contributed by atoms with van der Waals surface area (Å²) in [6.07, 6.45) is -2.88. The molecule has 0 aliphatic rings. The van der Waals surface area contributed by atoms with Gasteiger partial charge in [0.1, 0.15) is 5.82 Å². The number of nitrogens with two attached hydrogens (primary N) is 1. The fourth-order valence-corrected chi connectivity index (χ4v) is 1.17. The largest absolute Gasteiger partial charge is 0.398 e. The molecule has 0 aromatic heterocycles. The lowest BCUT2D eigenvalue weighted by Gasteiger charge is -2.09.